The van der Waals surface area contributed by atoms with Gasteiger partial charge in [-0.3, -0.25) is 0 Å². The summed E-state index contributed by atoms with van der Waals surface area (Å²) in [6.45, 7) is 3.59. The average molecular weight is 193 g/mol. The Morgan fingerprint density at radius 2 is 2.00 bits per heavy atom. The van der Waals surface area contributed by atoms with Crippen molar-refractivity contribution in [2.24, 2.45) is 5.41 Å². The maximum atomic E-state index is 9.56. The van der Waals surface area contributed by atoms with Gasteiger partial charge in [0.2, 0.25) is 0 Å². The summed E-state index contributed by atoms with van der Waals surface area (Å²) < 4.78 is 0. The first-order valence-corrected chi connectivity index (χ1v) is 4.82. The van der Waals surface area contributed by atoms with Crippen LogP contribution in [-0.4, -0.2) is 22.9 Å². The van der Waals surface area contributed by atoms with E-state index in [0.29, 0.717) is 6.42 Å². The molecule has 1 rings (SSSR count). The highest BCUT2D eigenvalue weighted by molar-refractivity contribution is 5.16. The molecule has 77 valence electrons. The topological polar surface area (TPSA) is 40.5 Å². The van der Waals surface area contributed by atoms with Crippen molar-refractivity contribution in [3.05, 3.63) is 35.9 Å². The van der Waals surface area contributed by atoms with Gasteiger partial charge in [0.25, 0.3) is 0 Å². The van der Waals surface area contributed by atoms with Crippen LogP contribution < -0.4 is 0 Å². The van der Waals surface area contributed by atoms with Crippen molar-refractivity contribution in [2.75, 3.05) is 6.61 Å². The van der Waals surface area contributed by atoms with E-state index in [1.54, 1.807) is 6.92 Å². The smallest absolute Gasteiger partial charge is 0.0590 e. The average Bonchev–Trinajstić information content (AvgIpc) is 2.19. The Hall–Kier alpha value is -0.860. The molecule has 1 radical (unpaired) electrons. The van der Waals surface area contributed by atoms with E-state index in [-0.39, 0.29) is 6.61 Å². The Morgan fingerprint density at radius 3 is 2.43 bits per heavy atom. The van der Waals surface area contributed by atoms with Crippen molar-refractivity contribution >= 4 is 0 Å². The summed E-state index contributed by atoms with van der Waals surface area (Å²) in [6, 6.07) is 10.5. The van der Waals surface area contributed by atoms with Crippen LogP contribution in [0.2, 0.25) is 0 Å². The molecule has 2 heteroatoms. The zero-order chi connectivity index (χ0) is 10.6. The molecule has 0 aliphatic heterocycles. The zero-order valence-electron chi connectivity index (χ0n) is 8.70. The molecule has 0 bridgehead atoms. The molecule has 0 amide bonds. The van der Waals surface area contributed by atoms with Gasteiger partial charge in [0.15, 0.2) is 0 Å². The SMILES string of the molecule is CC(O)C(C)(CO)Cc1cc[c]cc1. The number of aliphatic hydroxyl groups excluding tert-OH is 2. The second-order valence-electron chi connectivity index (χ2n) is 4.07. The third kappa shape index (κ3) is 2.56. The Labute approximate surface area is 85.2 Å². The van der Waals surface area contributed by atoms with E-state index in [4.69, 9.17) is 0 Å². The van der Waals surface area contributed by atoms with Crippen LogP contribution in [0.1, 0.15) is 19.4 Å². The summed E-state index contributed by atoms with van der Waals surface area (Å²) >= 11 is 0. The van der Waals surface area contributed by atoms with Crippen LogP contribution in [0.5, 0.6) is 0 Å². The lowest BCUT2D eigenvalue weighted by atomic mass is 9.80. The first-order chi connectivity index (χ1) is 6.58. The number of hydrogen-bond acceptors (Lipinski definition) is 2. The molecule has 1 aromatic rings. The van der Waals surface area contributed by atoms with Gasteiger partial charge in [-0.2, -0.15) is 0 Å². The van der Waals surface area contributed by atoms with Gasteiger partial charge in [0, 0.05) is 5.41 Å². The maximum absolute atomic E-state index is 9.56. The molecule has 0 aliphatic carbocycles. The minimum atomic E-state index is -0.517. The predicted octanol–water partition coefficient (Wildman–Crippen LogP) is 1.41. The first-order valence-electron chi connectivity index (χ1n) is 4.82. The van der Waals surface area contributed by atoms with Crippen molar-refractivity contribution in [3.8, 4) is 0 Å². The number of aliphatic hydroxyl groups is 2. The van der Waals surface area contributed by atoms with Crippen LogP contribution in [0.25, 0.3) is 0 Å². The van der Waals surface area contributed by atoms with E-state index >= 15 is 0 Å². The standard InChI is InChI=1S/C12H17O2/c1-10(14)12(2,9-13)8-11-6-4-3-5-7-11/h4-7,10,13-14H,8-9H2,1-2H3. The van der Waals surface area contributed by atoms with Crippen molar-refractivity contribution < 1.29 is 10.2 Å². The molecule has 1 aromatic carbocycles. The van der Waals surface area contributed by atoms with Crippen molar-refractivity contribution in [3.63, 3.8) is 0 Å². The fourth-order valence-electron chi connectivity index (χ4n) is 1.34. The van der Waals surface area contributed by atoms with Gasteiger partial charge in [-0.1, -0.05) is 31.2 Å². The second-order valence-corrected chi connectivity index (χ2v) is 4.07. The number of rotatable bonds is 4. The van der Waals surface area contributed by atoms with Gasteiger partial charge in [0.05, 0.1) is 12.7 Å². The lowest BCUT2D eigenvalue weighted by molar-refractivity contribution is 0.00688. The minimum absolute atomic E-state index is 0.0106. The molecule has 0 saturated carbocycles. The molecule has 0 spiro atoms. The molecule has 14 heavy (non-hydrogen) atoms. The highest BCUT2D eigenvalue weighted by atomic mass is 16.3. The fraction of sp³-hybridized carbons (Fsp3) is 0.500. The highest BCUT2D eigenvalue weighted by Gasteiger charge is 2.29. The largest absolute Gasteiger partial charge is 0.396 e. The van der Waals surface area contributed by atoms with Crippen LogP contribution >= 0.6 is 0 Å². The molecular formula is C12H17O2. The Bertz CT molecular complexity index is 269. The van der Waals surface area contributed by atoms with Crippen molar-refractivity contribution in [2.45, 2.75) is 26.4 Å². The predicted molar refractivity (Wildman–Crippen MR) is 55.9 cm³/mol. The molecule has 0 saturated heterocycles. The van der Waals surface area contributed by atoms with Gasteiger partial charge in [-0.25, -0.2) is 0 Å². The lowest BCUT2D eigenvalue weighted by Crippen LogP contribution is -2.35. The molecule has 2 atom stereocenters. The van der Waals surface area contributed by atoms with Gasteiger partial charge < -0.3 is 10.2 Å². The molecule has 2 nitrogen and oxygen atoms in total. The fourth-order valence-corrected chi connectivity index (χ4v) is 1.34. The van der Waals surface area contributed by atoms with Gasteiger partial charge in [0.1, 0.15) is 0 Å². The molecule has 0 fully saturated rings. The third-order valence-electron chi connectivity index (χ3n) is 2.77. The maximum Gasteiger partial charge on any atom is 0.0590 e. The molecule has 0 aromatic heterocycles. The van der Waals surface area contributed by atoms with Gasteiger partial charge in [-0.15, -0.1) is 0 Å². The first kappa shape index (κ1) is 11.2. The quantitative estimate of drug-likeness (QED) is 0.759. The van der Waals surface area contributed by atoms with Crippen LogP contribution in [0.3, 0.4) is 0 Å². The Morgan fingerprint density at radius 1 is 1.43 bits per heavy atom. The van der Waals surface area contributed by atoms with E-state index in [0.717, 1.165) is 5.56 Å². The monoisotopic (exact) mass is 193 g/mol. The van der Waals surface area contributed by atoms with Crippen molar-refractivity contribution in [1.82, 2.24) is 0 Å². The number of hydrogen-bond donors (Lipinski definition) is 2. The second kappa shape index (κ2) is 4.58. The summed E-state index contributed by atoms with van der Waals surface area (Å²) in [5, 5.41) is 18.8. The zero-order valence-corrected chi connectivity index (χ0v) is 8.70. The third-order valence-corrected chi connectivity index (χ3v) is 2.77. The summed E-state index contributed by atoms with van der Waals surface area (Å²) in [4.78, 5) is 0. The Balaban J connectivity index is 2.76. The normalized spacial score (nSPS) is 17.4. The van der Waals surface area contributed by atoms with Crippen molar-refractivity contribution in [1.29, 1.82) is 0 Å². The summed E-state index contributed by atoms with van der Waals surface area (Å²) in [7, 11) is 0. The lowest BCUT2D eigenvalue weighted by Gasteiger charge is -2.30. The van der Waals surface area contributed by atoms with Gasteiger partial charge >= 0.3 is 0 Å². The van der Waals surface area contributed by atoms with Crippen LogP contribution in [-0.2, 0) is 6.42 Å². The summed E-state index contributed by atoms with van der Waals surface area (Å²) in [6.07, 6.45) is 0.159. The van der Waals surface area contributed by atoms with Crippen LogP contribution in [0.15, 0.2) is 24.3 Å². The van der Waals surface area contributed by atoms with Crippen LogP contribution in [0, 0.1) is 11.5 Å². The van der Waals surface area contributed by atoms with Crippen LogP contribution in [0.4, 0.5) is 0 Å². The molecule has 2 N–H and O–H groups in total. The van der Waals surface area contributed by atoms with E-state index in [9.17, 15) is 10.2 Å². The molecule has 0 heterocycles. The van der Waals surface area contributed by atoms with E-state index in [1.165, 1.54) is 0 Å². The molecule has 2 unspecified atom stereocenters. The van der Waals surface area contributed by atoms with E-state index in [2.05, 4.69) is 6.07 Å². The Kier molecular flexibility index (Phi) is 3.67. The number of benzene rings is 1. The molecule has 0 aliphatic rings. The summed E-state index contributed by atoms with van der Waals surface area (Å²) in [5.41, 5.74) is 0.655. The molecular weight excluding hydrogens is 176 g/mol. The highest BCUT2D eigenvalue weighted by Crippen LogP contribution is 2.25. The summed E-state index contributed by atoms with van der Waals surface area (Å²) in [5.74, 6) is 0. The minimum Gasteiger partial charge on any atom is -0.396 e. The van der Waals surface area contributed by atoms with Gasteiger partial charge in [-0.05, 0) is 25.0 Å². The van der Waals surface area contributed by atoms with E-state index < -0.39 is 11.5 Å². The van der Waals surface area contributed by atoms with E-state index in [1.807, 2.05) is 31.2 Å².